The van der Waals surface area contributed by atoms with E-state index in [1.807, 2.05) is 31.3 Å². The molecule has 1 unspecified atom stereocenters. The van der Waals surface area contributed by atoms with Gasteiger partial charge in [0.2, 0.25) is 0 Å². The third kappa shape index (κ3) is 3.73. The van der Waals surface area contributed by atoms with E-state index in [0.29, 0.717) is 31.2 Å². The van der Waals surface area contributed by atoms with Crippen LogP contribution in [0.3, 0.4) is 0 Å². The second-order valence-electron chi connectivity index (χ2n) is 5.80. The standard InChI is InChI=1S/C16H21N3O4/c1-18-6-8-19(9-7-18)16(21)15(20)17-10-12-11-22-13-4-2-3-5-14(13)23-12/h2-5,12H,6-11H2,1H3,(H,17,20). The van der Waals surface area contributed by atoms with E-state index in [9.17, 15) is 9.59 Å². The van der Waals surface area contributed by atoms with Gasteiger partial charge in [-0.1, -0.05) is 12.1 Å². The van der Waals surface area contributed by atoms with Crippen LogP contribution in [0.25, 0.3) is 0 Å². The van der Waals surface area contributed by atoms with Gasteiger partial charge < -0.3 is 24.6 Å². The zero-order chi connectivity index (χ0) is 16.2. The Morgan fingerprint density at radius 1 is 1.17 bits per heavy atom. The highest BCUT2D eigenvalue weighted by molar-refractivity contribution is 6.35. The maximum atomic E-state index is 12.1. The van der Waals surface area contributed by atoms with Crippen molar-refractivity contribution in [1.82, 2.24) is 15.1 Å². The largest absolute Gasteiger partial charge is 0.486 e. The van der Waals surface area contributed by atoms with Crippen molar-refractivity contribution in [2.45, 2.75) is 6.10 Å². The predicted octanol–water partition coefficient (Wildman–Crippen LogP) is -0.283. The van der Waals surface area contributed by atoms with E-state index < -0.39 is 11.8 Å². The van der Waals surface area contributed by atoms with Crippen molar-refractivity contribution in [2.75, 3.05) is 46.4 Å². The molecular formula is C16H21N3O4. The van der Waals surface area contributed by atoms with Gasteiger partial charge >= 0.3 is 11.8 Å². The lowest BCUT2D eigenvalue weighted by Gasteiger charge is -2.32. The van der Waals surface area contributed by atoms with E-state index >= 15 is 0 Å². The molecular weight excluding hydrogens is 298 g/mol. The van der Waals surface area contributed by atoms with Crippen LogP contribution in [0.1, 0.15) is 0 Å². The summed E-state index contributed by atoms with van der Waals surface area (Å²) in [6.07, 6.45) is -0.297. The minimum atomic E-state index is -0.586. The summed E-state index contributed by atoms with van der Waals surface area (Å²) in [5, 5.41) is 2.64. The summed E-state index contributed by atoms with van der Waals surface area (Å²) in [4.78, 5) is 27.8. The molecule has 1 aromatic rings. The first-order chi connectivity index (χ1) is 11.1. The maximum absolute atomic E-state index is 12.1. The van der Waals surface area contributed by atoms with Gasteiger partial charge in [-0.3, -0.25) is 9.59 Å². The second-order valence-corrected chi connectivity index (χ2v) is 5.80. The van der Waals surface area contributed by atoms with Crippen LogP contribution in [-0.4, -0.2) is 74.1 Å². The monoisotopic (exact) mass is 319 g/mol. The topological polar surface area (TPSA) is 71.1 Å². The van der Waals surface area contributed by atoms with E-state index in [0.717, 1.165) is 13.1 Å². The number of para-hydroxylation sites is 2. The number of rotatable bonds is 2. The van der Waals surface area contributed by atoms with E-state index in [4.69, 9.17) is 9.47 Å². The molecule has 124 valence electrons. The third-order valence-electron chi connectivity index (χ3n) is 4.04. The molecule has 1 atom stereocenters. The summed E-state index contributed by atoms with van der Waals surface area (Å²) < 4.78 is 11.3. The van der Waals surface area contributed by atoms with Crippen LogP contribution in [0.15, 0.2) is 24.3 Å². The van der Waals surface area contributed by atoms with Crippen LogP contribution >= 0.6 is 0 Å². The Balaban J connectivity index is 1.47. The average Bonchev–Trinajstić information content (AvgIpc) is 2.59. The smallest absolute Gasteiger partial charge is 0.311 e. The Labute approximate surface area is 135 Å². The Morgan fingerprint density at radius 2 is 1.87 bits per heavy atom. The van der Waals surface area contributed by atoms with Crippen LogP contribution < -0.4 is 14.8 Å². The molecule has 2 aliphatic heterocycles. The number of carbonyl (C=O) groups is 2. The van der Waals surface area contributed by atoms with Crippen molar-refractivity contribution in [3.63, 3.8) is 0 Å². The molecule has 0 bridgehead atoms. The Kier molecular flexibility index (Phi) is 4.66. The number of nitrogens with one attached hydrogen (secondary N) is 1. The summed E-state index contributed by atoms with van der Waals surface area (Å²) >= 11 is 0. The summed E-state index contributed by atoms with van der Waals surface area (Å²) in [6, 6.07) is 7.39. The highest BCUT2D eigenvalue weighted by Crippen LogP contribution is 2.30. The number of piperazine rings is 1. The molecule has 2 heterocycles. The van der Waals surface area contributed by atoms with Crippen LogP contribution in [0.4, 0.5) is 0 Å². The van der Waals surface area contributed by atoms with Gasteiger partial charge in [-0.25, -0.2) is 0 Å². The zero-order valence-electron chi connectivity index (χ0n) is 13.2. The molecule has 2 amide bonds. The van der Waals surface area contributed by atoms with E-state index in [1.165, 1.54) is 0 Å². The fourth-order valence-electron chi connectivity index (χ4n) is 2.60. The first-order valence-corrected chi connectivity index (χ1v) is 7.77. The van der Waals surface area contributed by atoms with Gasteiger partial charge in [-0.05, 0) is 19.2 Å². The van der Waals surface area contributed by atoms with Crippen molar-refractivity contribution < 1.29 is 19.1 Å². The lowest BCUT2D eigenvalue weighted by molar-refractivity contribution is -0.147. The highest BCUT2D eigenvalue weighted by Gasteiger charge is 2.26. The van der Waals surface area contributed by atoms with E-state index in [1.54, 1.807) is 4.90 Å². The molecule has 0 radical (unpaired) electrons. The number of ether oxygens (including phenoxy) is 2. The highest BCUT2D eigenvalue weighted by atomic mass is 16.6. The molecule has 0 saturated carbocycles. The average molecular weight is 319 g/mol. The summed E-state index contributed by atoms with van der Waals surface area (Å²) in [7, 11) is 2.00. The molecule has 0 aromatic heterocycles. The Morgan fingerprint density at radius 3 is 2.61 bits per heavy atom. The van der Waals surface area contributed by atoms with Gasteiger partial charge in [-0.15, -0.1) is 0 Å². The van der Waals surface area contributed by atoms with Crippen LogP contribution in [-0.2, 0) is 9.59 Å². The van der Waals surface area contributed by atoms with Crippen molar-refractivity contribution in [1.29, 1.82) is 0 Å². The number of nitrogens with zero attached hydrogens (tertiary/aromatic N) is 2. The minimum absolute atomic E-state index is 0.243. The van der Waals surface area contributed by atoms with Crippen molar-refractivity contribution >= 4 is 11.8 Å². The summed E-state index contributed by atoms with van der Waals surface area (Å²) in [5.41, 5.74) is 0. The molecule has 2 aliphatic rings. The van der Waals surface area contributed by atoms with Gasteiger partial charge in [-0.2, -0.15) is 0 Å². The number of hydrogen-bond donors (Lipinski definition) is 1. The first-order valence-electron chi connectivity index (χ1n) is 7.77. The fraction of sp³-hybridized carbons (Fsp3) is 0.500. The molecule has 3 rings (SSSR count). The van der Waals surface area contributed by atoms with Gasteiger partial charge in [0.1, 0.15) is 12.7 Å². The summed E-state index contributed by atoms with van der Waals surface area (Å²) in [6.45, 7) is 3.33. The lowest BCUT2D eigenvalue weighted by atomic mass is 10.2. The molecule has 1 saturated heterocycles. The molecule has 0 spiro atoms. The number of benzene rings is 1. The van der Waals surface area contributed by atoms with E-state index in [-0.39, 0.29) is 12.6 Å². The molecule has 7 nitrogen and oxygen atoms in total. The van der Waals surface area contributed by atoms with Crippen molar-refractivity contribution in [3.05, 3.63) is 24.3 Å². The third-order valence-corrected chi connectivity index (χ3v) is 4.04. The van der Waals surface area contributed by atoms with E-state index in [2.05, 4.69) is 10.2 Å². The van der Waals surface area contributed by atoms with Crippen LogP contribution in [0.5, 0.6) is 11.5 Å². The van der Waals surface area contributed by atoms with Crippen LogP contribution in [0.2, 0.25) is 0 Å². The Bertz CT molecular complexity index is 584. The van der Waals surface area contributed by atoms with Gasteiger partial charge in [0.05, 0.1) is 6.54 Å². The van der Waals surface area contributed by atoms with Gasteiger partial charge in [0, 0.05) is 26.2 Å². The molecule has 1 N–H and O–H groups in total. The SMILES string of the molecule is CN1CCN(C(=O)C(=O)NCC2COc3ccccc3O2)CC1. The number of carbonyl (C=O) groups excluding carboxylic acids is 2. The number of likely N-dealkylation sites (N-methyl/N-ethyl adjacent to an activating group) is 1. The second kappa shape index (κ2) is 6.87. The quantitative estimate of drug-likeness (QED) is 0.759. The molecule has 0 aliphatic carbocycles. The Hall–Kier alpha value is -2.28. The van der Waals surface area contributed by atoms with Crippen molar-refractivity contribution in [2.24, 2.45) is 0 Å². The van der Waals surface area contributed by atoms with Crippen molar-refractivity contribution in [3.8, 4) is 11.5 Å². The normalized spacial score (nSPS) is 20.9. The number of amides is 2. The molecule has 1 aromatic carbocycles. The van der Waals surface area contributed by atoms with Gasteiger partial charge in [0.15, 0.2) is 11.5 Å². The van der Waals surface area contributed by atoms with Gasteiger partial charge in [0.25, 0.3) is 0 Å². The molecule has 7 heteroatoms. The summed E-state index contributed by atoms with van der Waals surface area (Å²) in [5.74, 6) is 0.291. The maximum Gasteiger partial charge on any atom is 0.311 e. The predicted molar refractivity (Wildman–Crippen MR) is 83.4 cm³/mol. The molecule has 23 heavy (non-hydrogen) atoms. The lowest BCUT2D eigenvalue weighted by Crippen LogP contribution is -2.52. The molecule has 1 fully saturated rings. The van der Waals surface area contributed by atoms with Crippen LogP contribution in [0, 0.1) is 0 Å². The minimum Gasteiger partial charge on any atom is -0.486 e. The first kappa shape index (κ1) is 15.6. The zero-order valence-corrected chi connectivity index (χ0v) is 13.2. The number of hydrogen-bond acceptors (Lipinski definition) is 5. The fourth-order valence-corrected chi connectivity index (χ4v) is 2.60. The number of fused-ring (bicyclic) bond motifs is 1.